The first kappa shape index (κ1) is 8.78. The summed E-state index contributed by atoms with van der Waals surface area (Å²) in [4.78, 5) is 10.6. The number of hydrogen-bond donors (Lipinski definition) is 1. The minimum absolute atomic E-state index is 0.298. The monoisotopic (exact) mass is 218 g/mol. The zero-order valence-electron chi connectivity index (χ0n) is 6.22. The third-order valence-corrected chi connectivity index (χ3v) is 2.93. The lowest BCUT2D eigenvalue weighted by molar-refractivity contribution is -0.131. The zero-order valence-corrected chi connectivity index (χ0v) is 7.80. The number of carboxylic acid groups (broad SMARTS) is 1. The van der Waals surface area contributed by atoms with E-state index in [0.717, 1.165) is 24.8 Å². The van der Waals surface area contributed by atoms with Gasteiger partial charge in [0.25, 0.3) is 0 Å². The van der Waals surface area contributed by atoms with E-state index in [2.05, 4.69) is 15.9 Å². The lowest BCUT2D eigenvalue weighted by atomic mass is 9.94. The summed E-state index contributed by atoms with van der Waals surface area (Å²) >= 11 is 3.45. The Morgan fingerprint density at radius 3 is 2.91 bits per heavy atom. The molecule has 0 aromatic heterocycles. The van der Waals surface area contributed by atoms with Crippen molar-refractivity contribution >= 4 is 21.9 Å². The number of halogens is 1. The van der Waals surface area contributed by atoms with E-state index in [9.17, 15) is 4.79 Å². The van der Waals surface area contributed by atoms with Crippen molar-refractivity contribution in [3.63, 3.8) is 0 Å². The first-order chi connectivity index (χ1) is 5.20. The molecule has 2 nitrogen and oxygen atoms in total. The van der Waals surface area contributed by atoms with Crippen LogP contribution in [0.25, 0.3) is 0 Å². The molecular weight excluding hydrogens is 208 g/mol. The number of rotatable bonds is 1. The number of hydrogen-bond acceptors (Lipinski definition) is 1. The Balaban J connectivity index is 2.60. The third kappa shape index (κ3) is 2.66. The highest BCUT2D eigenvalue weighted by Gasteiger charge is 2.16. The van der Waals surface area contributed by atoms with Crippen molar-refractivity contribution in [2.75, 3.05) is 0 Å². The van der Waals surface area contributed by atoms with Gasteiger partial charge in [-0.05, 0) is 24.8 Å². The Morgan fingerprint density at radius 2 is 2.36 bits per heavy atom. The van der Waals surface area contributed by atoms with Gasteiger partial charge in [-0.2, -0.15) is 0 Å². The largest absolute Gasteiger partial charge is 0.478 e. The average Bonchev–Trinajstić information content (AvgIpc) is 1.93. The Kier molecular flexibility index (Phi) is 3.12. The summed E-state index contributed by atoms with van der Waals surface area (Å²) in [6.45, 7) is 0. The SMILES string of the molecule is O=C(O)/C=C1/CCCCC1Br. The lowest BCUT2D eigenvalue weighted by Crippen LogP contribution is -2.10. The minimum Gasteiger partial charge on any atom is -0.478 e. The van der Waals surface area contributed by atoms with Crippen molar-refractivity contribution in [1.82, 2.24) is 0 Å². The second-order valence-electron chi connectivity index (χ2n) is 2.77. The van der Waals surface area contributed by atoms with Crippen molar-refractivity contribution in [3.05, 3.63) is 11.6 Å². The minimum atomic E-state index is -0.827. The maximum Gasteiger partial charge on any atom is 0.328 e. The summed E-state index contributed by atoms with van der Waals surface area (Å²) < 4.78 is 0. The number of alkyl halides is 1. The van der Waals surface area contributed by atoms with Crippen LogP contribution in [0.2, 0.25) is 0 Å². The molecule has 1 saturated carbocycles. The van der Waals surface area contributed by atoms with Gasteiger partial charge in [0.1, 0.15) is 0 Å². The molecule has 0 spiro atoms. The van der Waals surface area contributed by atoms with Gasteiger partial charge in [-0.1, -0.05) is 22.4 Å². The molecule has 1 unspecified atom stereocenters. The van der Waals surface area contributed by atoms with Crippen LogP contribution in [0, 0.1) is 0 Å². The fourth-order valence-electron chi connectivity index (χ4n) is 1.32. The van der Waals surface area contributed by atoms with Crippen LogP contribution in [-0.4, -0.2) is 15.9 Å². The van der Waals surface area contributed by atoms with Crippen LogP contribution in [-0.2, 0) is 4.79 Å². The van der Waals surface area contributed by atoms with Crippen LogP contribution in [0.5, 0.6) is 0 Å². The van der Waals surface area contributed by atoms with E-state index >= 15 is 0 Å². The molecule has 0 saturated heterocycles. The van der Waals surface area contributed by atoms with Crippen LogP contribution < -0.4 is 0 Å². The quantitative estimate of drug-likeness (QED) is 0.542. The molecule has 0 aliphatic heterocycles. The van der Waals surface area contributed by atoms with Crippen LogP contribution in [0.1, 0.15) is 25.7 Å². The van der Waals surface area contributed by atoms with Gasteiger partial charge in [-0.15, -0.1) is 0 Å². The van der Waals surface area contributed by atoms with Crippen molar-refractivity contribution in [1.29, 1.82) is 0 Å². The molecule has 1 atom stereocenters. The van der Waals surface area contributed by atoms with Crippen molar-refractivity contribution in [3.8, 4) is 0 Å². The molecule has 1 fully saturated rings. The van der Waals surface area contributed by atoms with Gasteiger partial charge < -0.3 is 5.11 Å². The van der Waals surface area contributed by atoms with E-state index in [1.807, 2.05) is 0 Å². The molecule has 0 heterocycles. The predicted octanol–water partition coefficient (Wildman–Crippen LogP) is 2.33. The molecule has 1 rings (SSSR count). The summed E-state index contributed by atoms with van der Waals surface area (Å²) in [5.74, 6) is -0.827. The van der Waals surface area contributed by atoms with Gasteiger partial charge >= 0.3 is 5.97 Å². The van der Waals surface area contributed by atoms with Crippen molar-refractivity contribution in [2.45, 2.75) is 30.5 Å². The standard InChI is InChI=1S/C8H11BrO2/c9-7-4-2-1-3-6(7)5-8(10)11/h5,7H,1-4H2,(H,10,11)/b6-5-. The highest BCUT2D eigenvalue weighted by Crippen LogP contribution is 2.28. The molecule has 1 N–H and O–H groups in total. The smallest absolute Gasteiger partial charge is 0.328 e. The summed E-state index contributed by atoms with van der Waals surface area (Å²) in [7, 11) is 0. The van der Waals surface area contributed by atoms with E-state index in [1.54, 1.807) is 0 Å². The summed E-state index contributed by atoms with van der Waals surface area (Å²) in [5, 5.41) is 8.49. The van der Waals surface area contributed by atoms with Gasteiger partial charge in [-0.25, -0.2) is 4.79 Å². The molecule has 11 heavy (non-hydrogen) atoms. The molecule has 0 aromatic carbocycles. The molecule has 0 radical (unpaired) electrons. The van der Waals surface area contributed by atoms with Gasteiger partial charge in [0.15, 0.2) is 0 Å². The fraction of sp³-hybridized carbons (Fsp3) is 0.625. The maximum absolute atomic E-state index is 10.3. The number of allylic oxidation sites excluding steroid dienone is 1. The first-order valence-electron chi connectivity index (χ1n) is 3.77. The van der Waals surface area contributed by atoms with E-state index in [4.69, 9.17) is 5.11 Å². The van der Waals surface area contributed by atoms with E-state index < -0.39 is 5.97 Å². The van der Waals surface area contributed by atoms with Crippen LogP contribution in [0.15, 0.2) is 11.6 Å². The summed E-state index contributed by atoms with van der Waals surface area (Å²) in [6.07, 6.45) is 5.66. The van der Waals surface area contributed by atoms with Crippen molar-refractivity contribution in [2.24, 2.45) is 0 Å². The molecular formula is C8H11BrO2. The van der Waals surface area contributed by atoms with Gasteiger partial charge in [-0.3, -0.25) is 0 Å². The second kappa shape index (κ2) is 3.90. The van der Waals surface area contributed by atoms with Gasteiger partial charge in [0, 0.05) is 10.9 Å². The molecule has 1 aliphatic carbocycles. The van der Waals surface area contributed by atoms with E-state index in [-0.39, 0.29) is 0 Å². The number of carbonyl (C=O) groups is 1. The Labute approximate surface area is 74.4 Å². The van der Waals surface area contributed by atoms with E-state index in [0.29, 0.717) is 4.83 Å². The molecule has 0 amide bonds. The van der Waals surface area contributed by atoms with E-state index in [1.165, 1.54) is 12.5 Å². The van der Waals surface area contributed by atoms with Gasteiger partial charge in [0.05, 0.1) is 0 Å². The van der Waals surface area contributed by atoms with Crippen LogP contribution >= 0.6 is 15.9 Å². The first-order valence-corrected chi connectivity index (χ1v) is 4.69. The lowest BCUT2D eigenvalue weighted by Gasteiger charge is -2.19. The number of carboxylic acids is 1. The topological polar surface area (TPSA) is 37.3 Å². The predicted molar refractivity (Wildman–Crippen MR) is 46.9 cm³/mol. The fourth-order valence-corrected chi connectivity index (χ4v) is 2.00. The Morgan fingerprint density at radius 1 is 1.64 bits per heavy atom. The molecule has 0 bridgehead atoms. The summed E-state index contributed by atoms with van der Waals surface area (Å²) in [6, 6.07) is 0. The molecule has 0 aromatic rings. The summed E-state index contributed by atoms with van der Waals surface area (Å²) in [5.41, 5.74) is 1.03. The molecule has 3 heteroatoms. The Bertz CT molecular complexity index is 187. The zero-order chi connectivity index (χ0) is 8.27. The van der Waals surface area contributed by atoms with Crippen molar-refractivity contribution < 1.29 is 9.90 Å². The highest BCUT2D eigenvalue weighted by molar-refractivity contribution is 9.09. The van der Waals surface area contributed by atoms with Gasteiger partial charge in [0.2, 0.25) is 0 Å². The molecule has 62 valence electrons. The van der Waals surface area contributed by atoms with Crippen LogP contribution in [0.4, 0.5) is 0 Å². The Hall–Kier alpha value is -0.310. The maximum atomic E-state index is 10.3. The second-order valence-corrected chi connectivity index (χ2v) is 3.88. The third-order valence-electron chi connectivity index (χ3n) is 1.88. The molecule has 1 aliphatic rings. The average molecular weight is 219 g/mol. The normalized spacial score (nSPS) is 28.8. The number of aliphatic carboxylic acids is 1. The highest BCUT2D eigenvalue weighted by atomic mass is 79.9. The van der Waals surface area contributed by atoms with Crippen LogP contribution in [0.3, 0.4) is 0 Å².